The van der Waals surface area contributed by atoms with Crippen molar-refractivity contribution < 1.29 is 0 Å². The van der Waals surface area contributed by atoms with Crippen LogP contribution in [-0.4, -0.2) is 13.1 Å². The summed E-state index contributed by atoms with van der Waals surface area (Å²) in [5.41, 5.74) is 1.42. The summed E-state index contributed by atoms with van der Waals surface area (Å²) in [5, 5.41) is 12.5. The van der Waals surface area contributed by atoms with Crippen LogP contribution >= 0.6 is 0 Å². The average molecular weight is 244 g/mol. The molecule has 2 nitrogen and oxygen atoms in total. The van der Waals surface area contributed by atoms with E-state index in [0.29, 0.717) is 5.92 Å². The third-order valence-corrected chi connectivity index (χ3v) is 3.46. The average Bonchev–Trinajstić information content (AvgIpc) is 2.35. The molecule has 0 fully saturated rings. The number of hydrogen-bond acceptors (Lipinski definition) is 2. The van der Waals surface area contributed by atoms with Gasteiger partial charge in [0.05, 0.1) is 12.0 Å². The highest BCUT2D eigenvalue weighted by Gasteiger charge is 2.20. The van der Waals surface area contributed by atoms with Crippen LogP contribution < -0.4 is 5.32 Å². The predicted octanol–water partition coefficient (Wildman–Crippen LogP) is 3.35. The number of nitriles is 1. The Kier molecular flexibility index (Phi) is 5.37. The molecule has 0 bridgehead atoms. The monoisotopic (exact) mass is 244 g/mol. The Balaban J connectivity index is 2.51. The van der Waals surface area contributed by atoms with E-state index in [-0.39, 0.29) is 11.3 Å². The van der Waals surface area contributed by atoms with Crippen LogP contribution in [0.2, 0.25) is 0 Å². The number of nitrogens with zero attached hydrogens (tertiary/aromatic N) is 1. The first-order chi connectivity index (χ1) is 8.47. The van der Waals surface area contributed by atoms with Gasteiger partial charge in [0.25, 0.3) is 0 Å². The van der Waals surface area contributed by atoms with Gasteiger partial charge in [-0.2, -0.15) is 5.26 Å². The summed E-state index contributed by atoms with van der Waals surface area (Å²) in [4.78, 5) is 0. The van der Waals surface area contributed by atoms with E-state index in [1.807, 2.05) is 6.07 Å². The number of hydrogen-bond donors (Lipinski definition) is 1. The van der Waals surface area contributed by atoms with E-state index in [0.717, 1.165) is 13.1 Å². The van der Waals surface area contributed by atoms with Crippen LogP contribution in [0.4, 0.5) is 0 Å². The van der Waals surface area contributed by atoms with Crippen molar-refractivity contribution in [2.24, 2.45) is 11.8 Å². The standard InChI is InChI=1S/C16H24N2/c1-13(2)14(10-17)11-18-12-16(3,4)15-8-6-5-7-9-15/h5-9,13-14,18H,11-12H2,1-4H3. The van der Waals surface area contributed by atoms with E-state index in [1.54, 1.807) is 0 Å². The van der Waals surface area contributed by atoms with Crippen molar-refractivity contribution >= 4 is 0 Å². The topological polar surface area (TPSA) is 35.8 Å². The molecule has 1 atom stereocenters. The quantitative estimate of drug-likeness (QED) is 0.833. The van der Waals surface area contributed by atoms with E-state index >= 15 is 0 Å². The fourth-order valence-corrected chi connectivity index (χ4v) is 1.96. The van der Waals surface area contributed by atoms with E-state index in [1.165, 1.54) is 5.56 Å². The second kappa shape index (κ2) is 6.56. The van der Waals surface area contributed by atoms with Crippen LogP contribution in [0.15, 0.2) is 30.3 Å². The minimum absolute atomic E-state index is 0.0940. The molecular formula is C16H24N2. The Labute approximate surface area is 111 Å². The molecule has 1 N–H and O–H groups in total. The molecule has 0 saturated carbocycles. The second-order valence-corrected chi connectivity index (χ2v) is 5.86. The molecule has 0 spiro atoms. The maximum absolute atomic E-state index is 9.05. The molecule has 1 aromatic carbocycles. The molecular weight excluding hydrogens is 220 g/mol. The lowest BCUT2D eigenvalue weighted by Crippen LogP contribution is -2.36. The van der Waals surface area contributed by atoms with Crippen molar-refractivity contribution in [3.63, 3.8) is 0 Å². The lowest BCUT2D eigenvalue weighted by molar-refractivity contribution is 0.402. The van der Waals surface area contributed by atoms with Gasteiger partial charge in [-0.3, -0.25) is 0 Å². The van der Waals surface area contributed by atoms with Crippen molar-refractivity contribution in [3.8, 4) is 6.07 Å². The fraction of sp³-hybridized carbons (Fsp3) is 0.562. The Morgan fingerprint density at radius 2 is 1.83 bits per heavy atom. The summed E-state index contributed by atoms with van der Waals surface area (Å²) in [6, 6.07) is 12.9. The van der Waals surface area contributed by atoms with E-state index in [2.05, 4.69) is 63.3 Å². The number of benzene rings is 1. The van der Waals surface area contributed by atoms with Gasteiger partial charge in [0.2, 0.25) is 0 Å². The molecule has 2 heteroatoms. The SMILES string of the molecule is CC(C)C(C#N)CNCC(C)(C)c1ccccc1. The first-order valence-electron chi connectivity index (χ1n) is 6.63. The highest BCUT2D eigenvalue weighted by atomic mass is 14.9. The summed E-state index contributed by atoms with van der Waals surface area (Å²) in [6.07, 6.45) is 0. The molecule has 0 aromatic heterocycles. The molecule has 0 heterocycles. The third kappa shape index (κ3) is 4.16. The van der Waals surface area contributed by atoms with Crippen molar-refractivity contribution in [1.82, 2.24) is 5.32 Å². The fourth-order valence-electron chi connectivity index (χ4n) is 1.96. The van der Waals surface area contributed by atoms with E-state index in [4.69, 9.17) is 5.26 Å². The smallest absolute Gasteiger partial charge is 0.0671 e. The minimum Gasteiger partial charge on any atom is -0.315 e. The second-order valence-electron chi connectivity index (χ2n) is 5.86. The normalized spacial score (nSPS) is 13.3. The molecule has 1 aromatic rings. The molecule has 0 radical (unpaired) electrons. The van der Waals surface area contributed by atoms with Crippen molar-refractivity contribution in [2.45, 2.75) is 33.1 Å². The highest BCUT2D eigenvalue weighted by Crippen LogP contribution is 2.21. The Morgan fingerprint density at radius 1 is 1.22 bits per heavy atom. The van der Waals surface area contributed by atoms with Gasteiger partial charge in [-0.1, -0.05) is 58.0 Å². The zero-order chi connectivity index (χ0) is 13.6. The van der Waals surface area contributed by atoms with Gasteiger partial charge in [0.15, 0.2) is 0 Å². The molecule has 0 aliphatic heterocycles. The summed E-state index contributed by atoms with van der Waals surface area (Å²) >= 11 is 0. The molecule has 0 aliphatic rings. The van der Waals surface area contributed by atoms with Gasteiger partial charge < -0.3 is 5.32 Å². The molecule has 0 amide bonds. The highest BCUT2D eigenvalue weighted by molar-refractivity contribution is 5.23. The van der Waals surface area contributed by atoms with Gasteiger partial charge in [-0.25, -0.2) is 0 Å². The maximum Gasteiger partial charge on any atom is 0.0671 e. The maximum atomic E-state index is 9.05. The van der Waals surface area contributed by atoms with Crippen LogP contribution in [-0.2, 0) is 5.41 Å². The van der Waals surface area contributed by atoms with E-state index in [9.17, 15) is 0 Å². The Hall–Kier alpha value is -1.33. The molecule has 0 saturated heterocycles. The minimum atomic E-state index is 0.0940. The van der Waals surface area contributed by atoms with Crippen LogP contribution in [0.1, 0.15) is 33.3 Å². The van der Waals surface area contributed by atoms with Crippen molar-refractivity contribution in [2.75, 3.05) is 13.1 Å². The first kappa shape index (κ1) is 14.7. The molecule has 0 aliphatic carbocycles. The van der Waals surface area contributed by atoms with Gasteiger partial charge in [-0.05, 0) is 11.5 Å². The summed E-state index contributed by atoms with van der Waals surface area (Å²) in [5.74, 6) is 0.499. The van der Waals surface area contributed by atoms with Gasteiger partial charge in [0, 0.05) is 18.5 Å². The van der Waals surface area contributed by atoms with Crippen LogP contribution in [0, 0.1) is 23.2 Å². The zero-order valence-corrected chi connectivity index (χ0v) is 11.9. The van der Waals surface area contributed by atoms with Crippen molar-refractivity contribution in [3.05, 3.63) is 35.9 Å². The summed E-state index contributed by atoms with van der Waals surface area (Å²) in [7, 11) is 0. The lowest BCUT2D eigenvalue weighted by Gasteiger charge is -2.26. The third-order valence-electron chi connectivity index (χ3n) is 3.46. The molecule has 1 rings (SSSR count). The zero-order valence-electron chi connectivity index (χ0n) is 11.9. The van der Waals surface area contributed by atoms with E-state index < -0.39 is 0 Å². The Morgan fingerprint density at radius 3 is 2.33 bits per heavy atom. The summed E-state index contributed by atoms with van der Waals surface area (Å²) < 4.78 is 0. The summed E-state index contributed by atoms with van der Waals surface area (Å²) in [6.45, 7) is 10.3. The number of nitrogens with one attached hydrogen (secondary N) is 1. The molecule has 1 unspecified atom stereocenters. The van der Waals surface area contributed by atoms with Crippen LogP contribution in [0.3, 0.4) is 0 Å². The van der Waals surface area contributed by atoms with Gasteiger partial charge in [0.1, 0.15) is 0 Å². The Bertz CT molecular complexity index is 387. The molecule has 98 valence electrons. The number of rotatable bonds is 6. The largest absolute Gasteiger partial charge is 0.315 e. The lowest BCUT2D eigenvalue weighted by atomic mass is 9.84. The van der Waals surface area contributed by atoms with Crippen LogP contribution in [0.5, 0.6) is 0 Å². The van der Waals surface area contributed by atoms with Gasteiger partial charge >= 0.3 is 0 Å². The predicted molar refractivity (Wildman–Crippen MR) is 76.3 cm³/mol. The first-order valence-corrected chi connectivity index (χ1v) is 6.63. The molecule has 18 heavy (non-hydrogen) atoms. The van der Waals surface area contributed by atoms with Gasteiger partial charge in [-0.15, -0.1) is 0 Å². The van der Waals surface area contributed by atoms with Crippen LogP contribution in [0.25, 0.3) is 0 Å². The van der Waals surface area contributed by atoms with Crippen molar-refractivity contribution in [1.29, 1.82) is 5.26 Å².